The van der Waals surface area contributed by atoms with E-state index in [1.165, 1.54) is 0 Å². The van der Waals surface area contributed by atoms with Gasteiger partial charge in [0.25, 0.3) is 0 Å². The van der Waals surface area contributed by atoms with Crippen LogP contribution in [0, 0.1) is 17.0 Å². The Bertz CT molecular complexity index is 334. The molecule has 13 heavy (non-hydrogen) atoms. The van der Waals surface area contributed by atoms with Crippen LogP contribution in [0.3, 0.4) is 0 Å². The second-order valence-corrected chi connectivity index (χ2v) is 4.28. The monoisotopic (exact) mass is 220 g/mol. The summed E-state index contributed by atoms with van der Waals surface area (Å²) >= 11 is -1.63. The molecule has 0 radical (unpaired) electrons. The molecule has 5 nitrogen and oxygen atoms in total. The molecular formula is C6H6NO4S2-. The van der Waals surface area contributed by atoms with E-state index in [2.05, 4.69) is 0 Å². The maximum absolute atomic E-state index is 10.6. The van der Waals surface area contributed by atoms with Crippen molar-refractivity contribution in [1.29, 1.82) is 0 Å². The van der Waals surface area contributed by atoms with Gasteiger partial charge in [0.2, 0.25) is 0 Å². The third kappa shape index (κ3) is 2.11. The van der Waals surface area contributed by atoms with Gasteiger partial charge in [-0.25, -0.2) is 0 Å². The van der Waals surface area contributed by atoms with Crippen molar-refractivity contribution in [2.45, 2.75) is 12.3 Å². The lowest BCUT2D eigenvalue weighted by Crippen LogP contribution is -2.15. The molecule has 0 saturated heterocycles. The first kappa shape index (κ1) is 10.3. The summed E-state index contributed by atoms with van der Waals surface area (Å²) in [4.78, 5) is 9.88. The smallest absolute Gasteiger partial charge is 0.308 e. The maximum atomic E-state index is 10.6. The van der Waals surface area contributed by atoms with Gasteiger partial charge in [-0.2, -0.15) is 0 Å². The SMILES string of the molecule is Cc1ccsc1C([N+](=O)[O-])S(=O)[O-]. The number of aryl methyl sites for hydroxylation is 1. The van der Waals surface area contributed by atoms with Crippen LogP contribution in [0.1, 0.15) is 15.8 Å². The summed E-state index contributed by atoms with van der Waals surface area (Å²) in [6.45, 7) is 1.65. The van der Waals surface area contributed by atoms with Crippen molar-refractivity contribution in [3.05, 3.63) is 32.0 Å². The van der Waals surface area contributed by atoms with Gasteiger partial charge >= 0.3 is 5.37 Å². The summed E-state index contributed by atoms with van der Waals surface area (Å²) in [6, 6.07) is 1.66. The van der Waals surface area contributed by atoms with Crippen LogP contribution < -0.4 is 0 Å². The van der Waals surface area contributed by atoms with Crippen molar-refractivity contribution in [1.82, 2.24) is 0 Å². The number of nitrogens with zero attached hydrogens (tertiary/aromatic N) is 1. The summed E-state index contributed by atoms with van der Waals surface area (Å²) in [7, 11) is 0. The third-order valence-electron chi connectivity index (χ3n) is 1.50. The van der Waals surface area contributed by atoms with E-state index in [4.69, 9.17) is 0 Å². The van der Waals surface area contributed by atoms with Crippen molar-refractivity contribution in [3.63, 3.8) is 0 Å². The summed E-state index contributed by atoms with van der Waals surface area (Å²) in [5.41, 5.74) is 0.635. The van der Waals surface area contributed by atoms with Crippen molar-refractivity contribution < 1.29 is 13.7 Å². The average molecular weight is 220 g/mol. The highest BCUT2D eigenvalue weighted by molar-refractivity contribution is 7.79. The molecule has 0 saturated carbocycles. The summed E-state index contributed by atoms with van der Waals surface area (Å²) in [6.07, 6.45) is 0. The van der Waals surface area contributed by atoms with Crippen molar-refractivity contribution in [3.8, 4) is 0 Å². The van der Waals surface area contributed by atoms with Gasteiger partial charge in [-0.3, -0.25) is 14.3 Å². The lowest BCUT2D eigenvalue weighted by atomic mass is 10.3. The van der Waals surface area contributed by atoms with Gasteiger partial charge in [0.05, 0.1) is 4.88 Å². The van der Waals surface area contributed by atoms with E-state index in [1.54, 1.807) is 18.4 Å². The predicted octanol–water partition coefficient (Wildman–Crippen LogP) is 1.21. The van der Waals surface area contributed by atoms with Gasteiger partial charge in [0, 0.05) is 16.0 Å². The third-order valence-corrected chi connectivity index (χ3v) is 3.49. The summed E-state index contributed by atoms with van der Waals surface area (Å²) in [5.74, 6) is 0. The molecule has 0 aliphatic rings. The normalized spacial score (nSPS) is 15.2. The van der Waals surface area contributed by atoms with Gasteiger partial charge < -0.3 is 4.55 Å². The first-order valence-corrected chi connectivity index (χ1v) is 5.31. The second-order valence-electron chi connectivity index (χ2n) is 2.37. The zero-order valence-electron chi connectivity index (χ0n) is 6.63. The van der Waals surface area contributed by atoms with Crippen molar-refractivity contribution in [2.75, 3.05) is 0 Å². The van der Waals surface area contributed by atoms with Crippen molar-refractivity contribution in [2.24, 2.45) is 0 Å². The van der Waals surface area contributed by atoms with Crippen LogP contribution in [0.2, 0.25) is 0 Å². The van der Waals surface area contributed by atoms with E-state index in [0.717, 1.165) is 11.3 Å². The highest BCUT2D eigenvalue weighted by Crippen LogP contribution is 2.27. The molecule has 0 bridgehead atoms. The maximum Gasteiger partial charge on any atom is 0.308 e. The Balaban J connectivity index is 3.09. The van der Waals surface area contributed by atoms with Crippen LogP contribution >= 0.6 is 11.3 Å². The van der Waals surface area contributed by atoms with E-state index >= 15 is 0 Å². The summed E-state index contributed by atoms with van der Waals surface area (Å²) < 4.78 is 21.1. The first-order valence-electron chi connectivity index (χ1n) is 3.29. The topological polar surface area (TPSA) is 83.3 Å². The Morgan fingerprint density at radius 1 is 1.69 bits per heavy atom. The van der Waals surface area contributed by atoms with E-state index in [9.17, 15) is 18.9 Å². The molecule has 0 amide bonds. The van der Waals surface area contributed by atoms with Gasteiger partial charge in [-0.05, 0) is 23.9 Å². The van der Waals surface area contributed by atoms with E-state index in [1.807, 2.05) is 0 Å². The molecule has 0 N–H and O–H groups in total. The van der Waals surface area contributed by atoms with E-state index in [-0.39, 0.29) is 4.88 Å². The Labute approximate surface area is 80.8 Å². The highest BCUT2D eigenvalue weighted by Gasteiger charge is 2.26. The molecule has 0 aliphatic heterocycles. The number of nitro groups is 1. The molecule has 72 valence electrons. The van der Waals surface area contributed by atoms with Crippen LogP contribution in [0.5, 0.6) is 0 Å². The molecule has 0 aromatic carbocycles. The molecule has 2 atom stereocenters. The lowest BCUT2D eigenvalue weighted by molar-refractivity contribution is -0.502. The quantitative estimate of drug-likeness (QED) is 0.435. The predicted molar refractivity (Wildman–Crippen MR) is 47.7 cm³/mol. The largest absolute Gasteiger partial charge is 0.767 e. The number of thiophene rings is 1. The average Bonchev–Trinajstić information content (AvgIpc) is 2.35. The Morgan fingerprint density at radius 2 is 2.31 bits per heavy atom. The molecule has 1 rings (SSSR count). The Morgan fingerprint density at radius 3 is 2.62 bits per heavy atom. The zero-order chi connectivity index (χ0) is 10.0. The Hall–Kier alpha value is -0.790. The molecule has 1 aromatic rings. The van der Waals surface area contributed by atoms with Crippen LogP contribution in [-0.2, 0) is 11.1 Å². The molecular weight excluding hydrogens is 214 g/mol. The molecule has 7 heteroatoms. The first-order chi connectivity index (χ1) is 6.04. The minimum atomic E-state index is -2.71. The fourth-order valence-corrected chi connectivity index (χ4v) is 2.67. The minimum Gasteiger partial charge on any atom is -0.767 e. The molecule has 2 unspecified atom stereocenters. The highest BCUT2D eigenvalue weighted by atomic mass is 32.2. The van der Waals surface area contributed by atoms with Gasteiger partial charge in [0.1, 0.15) is 0 Å². The molecule has 0 spiro atoms. The molecule has 0 aliphatic carbocycles. The summed E-state index contributed by atoms with van der Waals surface area (Å²) in [5, 5.41) is 10.4. The fourth-order valence-electron chi connectivity index (χ4n) is 0.891. The number of hydrogen-bond donors (Lipinski definition) is 0. The Kier molecular flexibility index (Phi) is 3.12. The van der Waals surface area contributed by atoms with E-state index < -0.39 is 21.4 Å². The van der Waals surface area contributed by atoms with Crippen molar-refractivity contribution >= 4 is 22.4 Å². The molecule has 0 fully saturated rings. The van der Waals surface area contributed by atoms with Crippen LogP contribution in [0.15, 0.2) is 11.4 Å². The number of hydrogen-bond acceptors (Lipinski definition) is 5. The second kappa shape index (κ2) is 3.95. The van der Waals surface area contributed by atoms with E-state index in [0.29, 0.717) is 5.56 Å². The minimum absolute atomic E-state index is 0.276. The van der Waals surface area contributed by atoms with Crippen LogP contribution in [0.25, 0.3) is 0 Å². The van der Waals surface area contributed by atoms with Gasteiger partial charge in [0.15, 0.2) is 0 Å². The lowest BCUT2D eigenvalue weighted by Gasteiger charge is -2.10. The molecule has 1 aromatic heterocycles. The van der Waals surface area contributed by atoms with Crippen LogP contribution in [-0.4, -0.2) is 13.7 Å². The fraction of sp³-hybridized carbons (Fsp3) is 0.333. The zero-order valence-corrected chi connectivity index (χ0v) is 8.26. The van der Waals surface area contributed by atoms with Gasteiger partial charge in [-0.1, -0.05) is 0 Å². The van der Waals surface area contributed by atoms with Crippen LogP contribution in [0.4, 0.5) is 0 Å². The molecule has 1 heterocycles. The standard InChI is InChI=1S/C6H7NO4S2/c1-4-2-3-12-5(4)6(7(8)9)13(10)11/h2-3,6H,1H3,(H,10,11)/p-1. The number of rotatable bonds is 3. The van der Waals surface area contributed by atoms with Gasteiger partial charge in [-0.15, -0.1) is 11.3 Å².